The summed E-state index contributed by atoms with van der Waals surface area (Å²) in [5, 5.41) is 45.2. The second-order valence-electron chi connectivity index (χ2n) is 16.0. The van der Waals surface area contributed by atoms with Crippen molar-refractivity contribution < 1.29 is 53.8 Å². The van der Waals surface area contributed by atoms with Crippen LogP contribution in [0.3, 0.4) is 0 Å². The summed E-state index contributed by atoms with van der Waals surface area (Å²) in [6, 6.07) is 0. The summed E-state index contributed by atoms with van der Waals surface area (Å²) < 4.78 is 24.9. The number of Topliss-reactive ketones (excluding diaryl/α,β-unsaturated/α-hetero) is 3. The Morgan fingerprint density at radius 2 is 1.76 bits per heavy atom. The van der Waals surface area contributed by atoms with Gasteiger partial charge in [-0.25, -0.2) is 0 Å². The third-order valence-electron chi connectivity index (χ3n) is 12.9. The Kier molecular flexibility index (Phi) is 12.7. The minimum atomic E-state index is -1.89. The van der Waals surface area contributed by atoms with Crippen LogP contribution in [-0.2, 0) is 33.3 Å². The van der Waals surface area contributed by atoms with Gasteiger partial charge in [-0.3, -0.25) is 14.4 Å². The number of rotatable bonds is 14. The highest BCUT2D eigenvalue weighted by molar-refractivity contribution is 6.23. The Morgan fingerprint density at radius 3 is 2.30 bits per heavy atom. The van der Waals surface area contributed by atoms with Crippen molar-refractivity contribution in [1.82, 2.24) is 0 Å². The number of carbonyl (C=O) groups excluding carboxylic acids is 3. The smallest absolute Gasteiger partial charge is 0.174 e. The highest BCUT2D eigenvalue weighted by atomic mass is 16.6. The molecule has 0 aromatic carbocycles. The first-order valence-electron chi connectivity index (χ1n) is 18.7. The van der Waals surface area contributed by atoms with Crippen molar-refractivity contribution in [3.8, 4) is 0 Å². The van der Waals surface area contributed by atoms with Gasteiger partial charge in [0.1, 0.15) is 22.5 Å². The third-order valence-corrected chi connectivity index (χ3v) is 12.9. The lowest BCUT2D eigenvalue weighted by molar-refractivity contribution is -0.255. The molecule has 3 heterocycles. The molecule has 11 heteroatoms. The number of hydrogen-bond donors (Lipinski definition) is 4. The Labute approximate surface area is 297 Å². The molecule has 0 spiro atoms. The van der Waals surface area contributed by atoms with Gasteiger partial charge in [-0.05, 0) is 83.1 Å². The highest BCUT2D eigenvalue weighted by Crippen LogP contribution is 2.47. The van der Waals surface area contributed by atoms with Crippen LogP contribution in [0.5, 0.6) is 0 Å². The van der Waals surface area contributed by atoms with Gasteiger partial charge in [0.2, 0.25) is 0 Å². The normalized spacial score (nSPS) is 38.8. The molecule has 50 heavy (non-hydrogen) atoms. The Balaban J connectivity index is 1.45. The monoisotopic (exact) mass is 706 g/mol. The van der Waals surface area contributed by atoms with Gasteiger partial charge >= 0.3 is 0 Å². The number of carbonyl (C=O) groups is 3. The van der Waals surface area contributed by atoms with Crippen LogP contribution in [0.1, 0.15) is 113 Å². The standard InChI is InChI=1S/C39H62O11/c1-11-26(34(43)23(6)35-22(5)17-20(3)29(49-35)19-28(41)32-27(40)18-21(4)33(32)42)36(44)37(9,45)30-13-15-38(12-2,50-30)31-14-16-39(46,24(7)47-10)25(8)48-31/h20,22-26,29-31,34-35,42-43,45-46H,4,11-19H2,1-3,5-10H3/t20-,22-,23?,24?,25+,26?,29-,30-,31-,34?,35+,37?,38-,39?/m0/s1. The van der Waals surface area contributed by atoms with Gasteiger partial charge in [0, 0.05) is 31.8 Å². The fourth-order valence-corrected chi connectivity index (χ4v) is 9.18. The fourth-order valence-electron chi connectivity index (χ4n) is 9.18. The van der Waals surface area contributed by atoms with Crippen molar-refractivity contribution in [2.45, 2.75) is 173 Å². The van der Waals surface area contributed by atoms with Crippen molar-refractivity contribution in [2.75, 3.05) is 7.11 Å². The van der Waals surface area contributed by atoms with Gasteiger partial charge < -0.3 is 39.4 Å². The SMILES string of the molecule is C=C1CC(=O)C(C(=O)C[C@@H]2O[C@@H](C(C)C(O)C(CC)C(=O)C(C)(O)[C@@H]3CC[C@@](CC)([C@@H]4CCC(O)(C(C)OC)[C@@H](C)O4)O3)[C@@H](C)C[C@@H]2C)=C1O. The molecule has 1 aliphatic carbocycles. The number of methoxy groups -OCH3 is 1. The molecule has 0 radical (unpaired) electrons. The second kappa shape index (κ2) is 15.5. The summed E-state index contributed by atoms with van der Waals surface area (Å²) in [6.45, 7) is 18.4. The minimum Gasteiger partial charge on any atom is -0.507 e. The fraction of sp³-hybridized carbons (Fsp3) is 0.821. The maximum atomic E-state index is 14.2. The number of aliphatic hydroxyl groups is 4. The molecule has 4 aliphatic rings. The summed E-state index contributed by atoms with van der Waals surface area (Å²) >= 11 is 0. The van der Waals surface area contributed by atoms with E-state index >= 15 is 0 Å². The Morgan fingerprint density at radius 1 is 1.10 bits per heavy atom. The lowest BCUT2D eigenvalue weighted by atomic mass is 9.73. The zero-order valence-electron chi connectivity index (χ0n) is 31.6. The molecule has 14 atom stereocenters. The molecule has 6 unspecified atom stereocenters. The van der Waals surface area contributed by atoms with Gasteiger partial charge in [-0.2, -0.15) is 0 Å². The zero-order valence-corrected chi connectivity index (χ0v) is 31.6. The zero-order chi connectivity index (χ0) is 37.5. The summed E-state index contributed by atoms with van der Waals surface area (Å²) in [7, 11) is 1.56. The van der Waals surface area contributed by atoms with Crippen LogP contribution in [0.15, 0.2) is 23.5 Å². The first-order valence-corrected chi connectivity index (χ1v) is 18.7. The number of hydrogen-bond acceptors (Lipinski definition) is 11. The lowest BCUT2D eigenvalue weighted by Gasteiger charge is -2.49. The summed E-state index contributed by atoms with van der Waals surface area (Å²) in [4.78, 5) is 39.7. The van der Waals surface area contributed by atoms with Gasteiger partial charge in [0.05, 0.1) is 48.3 Å². The van der Waals surface area contributed by atoms with Crippen LogP contribution < -0.4 is 0 Å². The van der Waals surface area contributed by atoms with Crippen molar-refractivity contribution >= 4 is 17.3 Å². The molecular formula is C39H62O11. The van der Waals surface area contributed by atoms with E-state index < -0.39 is 82.6 Å². The summed E-state index contributed by atoms with van der Waals surface area (Å²) in [5.41, 5.74) is -3.76. The molecule has 0 bridgehead atoms. The largest absolute Gasteiger partial charge is 0.507 e. The van der Waals surface area contributed by atoms with Crippen LogP contribution in [-0.4, -0.2) is 104 Å². The van der Waals surface area contributed by atoms with E-state index in [9.17, 15) is 34.8 Å². The number of ether oxygens (including phenoxy) is 4. The maximum Gasteiger partial charge on any atom is 0.174 e. The quantitative estimate of drug-likeness (QED) is 0.185. The number of ketones is 3. The Hall–Kier alpha value is -1.99. The van der Waals surface area contributed by atoms with E-state index in [-0.39, 0.29) is 54.1 Å². The van der Waals surface area contributed by atoms with Crippen LogP contribution in [0, 0.1) is 23.7 Å². The number of aliphatic hydroxyl groups excluding tert-OH is 2. The molecule has 0 amide bonds. The molecule has 11 nitrogen and oxygen atoms in total. The molecule has 3 aliphatic heterocycles. The van der Waals surface area contributed by atoms with Crippen molar-refractivity contribution in [1.29, 1.82) is 0 Å². The van der Waals surface area contributed by atoms with Gasteiger partial charge in [0.15, 0.2) is 17.3 Å². The molecule has 0 aromatic heterocycles. The highest BCUT2D eigenvalue weighted by Gasteiger charge is 2.57. The predicted molar refractivity (Wildman–Crippen MR) is 186 cm³/mol. The van der Waals surface area contributed by atoms with E-state index in [1.165, 1.54) is 6.92 Å². The second-order valence-corrected chi connectivity index (χ2v) is 16.0. The van der Waals surface area contributed by atoms with Crippen molar-refractivity contribution in [3.63, 3.8) is 0 Å². The third kappa shape index (κ3) is 7.43. The van der Waals surface area contributed by atoms with E-state index in [1.54, 1.807) is 14.0 Å². The molecular weight excluding hydrogens is 644 g/mol. The molecule has 0 saturated carbocycles. The average molecular weight is 707 g/mol. The van der Waals surface area contributed by atoms with E-state index in [1.807, 2.05) is 41.5 Å². The van der Waals surface area contributed by atoms with E-state index in [4.69, 9.17) is 18.9 Å². The van der Waals surface area contributed by atoms with Gasteiger partial charge in [-0.15, -0.1) is 0 Å². The van der Waals surface area contributed by atoms with E-state index in [2.05, 4.69) is 6.58 Å². The average Bonchev–Trinajstić information content (AvgIpc) is 3.63. The first kappa shape index (κ1) is 40.8. The predicted octanol–water partition coefficient (Wildman–Crippen LogP) is 4.72. The summed E-state index contributed by atoms with van der Waals surface area (Å²) in [6.07, 6.45) is -0.868. The van der Waals surface area contributed by atoms with Gasteiger partial charge in [0.25, 0.3) is 0 Å². The van der Waals surface area contributed by atoms with Crippen LogP contribution in [0.4, 0.5) is 0 Å². The Bertz CT molecular complexity index is 1320. The van der Waals surface area contributed by atoms with Crippen molar-refractivity contribution in [3.05, 3.63) is 23.5 Å². The maximum absolute atomic E-state index is 14.2. The summed E-state index contributed by atoms with van der Waals surface area (Å²) in [5.74, 6) is -3.23. The molecule has 4 rings (SSSR count). The minimum absolute atomic E-state index is 0.000355. The molecule has 0 aromatic rings. The van der Waals surface area contributed by atoms with Gasteiger partial charge in [-0.1, -0.05) is 41.2 Å². The number of allylic oxidation sites excluding steroid dienone is 2. The van der Waals surface area contributed by atoms with Crippen molar-refractivity contribution in [2.24, 2.45) is 23.7 Å². The van der Waals surface area contributed by atoms with E-state index in [0.717, 1.165) is 0 Å². The molecule has 4 N–H and O–H groups in total. The van der Waals surface area contributed by atoms with Crippen LogP contribution in [0.25, 0.3) is 0 Å². The lowest BCUT2D eigenvalue weighted by Crippen LogP contribution is -2.60. The van der Waals surface area contributed by atoms with Crippen LogP contribution >= 0.6 is 0 Å². The first-order chi connectivity index (χ1) is 23.3. The molecule has 284 valence electrons. The topological polar surface area (TPSA) is 169 Å². The molecule has 3 saturated heterocycles. The molecule has 3 fully saturated rings. The van der Waals surface area contributed by atoms with Crippen LogP contribution in [0.2, 0.25) is 0 Å². The van der Waals surface area contributed by atoms with E-state index in [0.29, 0.717) is 38.5 Å².